The van der Waals surface area contributed by atoms with Crippen LogP contribution >= 0.6 is 15.9 Å². The smallest absolute Gasteiger partial charge is 0.161 e. The average Bonchev–Trinajstić information content (AvgIpc) is 2.53. The van der Waals surface area contributed by atoms with Crippen molar-refractivity contribution in [1.82, 2.24) is 5.32 Å². The molecule has 0 aliphatic carbocycles. The number of hydrogen-bond donors (Lipinski definition) is 1. The molecule has 0 spiro atoms. The molecule has 0 saturated carbocycles. The van der Waals surface area contributed by atoms with Crippen LogP contribution in [0.4, 0.5) is 0 Å². The first-order valence-electron chi connectivity index (χ1n) is 7.47. The Labute approximate surface area is 135 Å². The lowest BCUT2D eigenvalue weighted by molar-refractivity contribution is 0.0115. The van der Waals surface area contributed by atoms with Gasteiger partial charge >= 0.3 is 0 Å². The van der Waals surface area contributed by atoms with E-state index in [0.717, 1.165) is 47.7 Å². The van der Waals surface area contributed by atoms with Gasteiger partial charge in [-0.3, -0.25) is 0 Å². The van der Waals surface area contributed by atoms with Crippen LogP contribution < -0.4 is 14.8 Å². The molecule has 0 bridgehead atoms. The fourth-order valence-electron chi connectivity index (χ4n) is 2.55. The molecule has 2 rings (SSSR count). The molecule has 0 amide bonds. The SMILES string of the molecule is COc1cc(Br)c(CNCCC2CCCCO2)cc1OC. The Bertz CT molecular complexity index is 447. The molecular weight excluding hydrogens is 334 g/mol. The number of methoxy groups -OCH3 is 2. The largest absolute Gasteiger partial charge is 0.493 e. The van der Waals surface area contributed by atoms with Crippen LogP contribution in [0.2, 0.25) is 0 Å². The highest BCUT2D eigenvalue weighted by atomic mass is 79.9. The Hall–Kier alpha value is -0.780. The predicted octanol–water partition coefficient (Wildman–Crippen LogP) is 3.52. The lowest BCUT2D eigenvalue weighted by Gasteiger charge is -2.22. The van der Waals surface area contributed by atoms with Crippen LogP contribution in [0.5, 0.6) is 11.5 Å². The molecule has 0 radical (unpaired) electrons. The molecule has 1 fully saturated rings. The van der Waals surface area contributed by atoms with Crippen LogP contribution in [0.3, 0.4) is 0 Å². The Morgan fingerprint density at radius 1 is 1.24 bits per heavy atom. The highest BCUT2D eigenvalue weighted by Gasteiger charge is 2.13. The van der Waals surface area contributed by atoms with Gasteiger partial charge < -0.3 is 19.5 Å². The first-order chi connectivity index (χ1) is 10.2. The van der Waals surface area contributed by atoms with Crippen LogP contribution in [-0.2, 0) is 11.3 Å². The van der Waals surface area contributed by atoms with Gasteiger partial charge in [-0.05, 0) is 49.9 Å². The Morgan fingerprint density at radius 2 is 2.00 bits per heavy atom. The number of ether oxygens (including phenoxy) is 3. The summed E-state index contributed by atoms with van der Waals surface area (Å²) in [6.07, 6.45) is 5.21. The van der Waals surface area contributed by atoms with E-state index in [9.17, 15) is 0 Å². The summed E-state index contributed by atoms with van der Waals surface area (Å²) in [4.78, 5) is 0. The lowest BCUT2D eigenvalue weighted by Crippen LogP contribution is -2.25. The van der Waals surface area contributed by atoms with Gasteiger partial charge in [0.2, 0.25) is 0 Å². The third-order valence-corrected chi connectivity index (χ3v) is 4.52. The normalized spacial score (nSPS) is 18.5. The van der Waals surface area contributed by atoms with Crippen LogP contribution in [0, 0.1) is 0 Å². The van der Waals surface area contributed by atoms with Gasteiger partial charge in [-0.15, -0.1) is 0 Å². The summed E-state index contributed by atoms with van der Waals surface area (Å²) in [7, 11) is 3.30. The molecule has 1 aliphatic rings. The van der Waals surface area contributed by atoms with Gasteiger partial charge in [-0.2, -0.15) is 0 Å². The van der Waals surface area contributed by atoms with Crippen molar-refractivity contribution in [2.75, 3.05) is 27.4 Å². The maximum absolute atomic E-state index is 5.73. The van der Waals surface area contributed by atoms with Crippen molar-refractivity contribution < 1.29 is 14.2 Å². The highest BCUT2D eigenvalue weighted by molar-refractivity contribution is 9.10. The second kappa shape index (κ2) is 8.61. The minimum Gasteiger partial charge on any atom is -0.493 e. The zero-order chi connectivity index (χ0) is 15.1. The van der Waals surface area contributed by atoms with Gasteiger partial charge in [0.05, 0.1) is 20.3 Å². The summed E-state index contributed by atoms with van der Waals surface area (Å²) >= 11 is 3.58. The zero-order valence-electron chi connectivity index (χ0n) is 12.8. The third kappa shape index (κ3) is 4.87. The number of halogens is 1. The molecule has 1 aromatic carbocycles. The summed E-state index contributed by atoms with van der Waals surface area (Å²) in [5, 5.41) is 3.47. The van der Waals surface area contributed by atoms with Crippen molar-refractivity contribution in [2.24, 2.45) is 0 Å². The van der Waals surface area contributed by atoms with Crippen molar-refractivity contribution in [3.8, 4) is 11.5 Å². The van der Waals surface area contributed by atoms with Crippen LogP contribution in [0.15, 0.2) is 16.6 Å². The molecule has 0 aromatic heterocycles. The molecule has 4 nitrogen and oxygen atoms in total. The lowest BCUT2D eigenvalue weighted by atomic mass is 10.1. The molecule has 5 heteroatoms. The van der Waals surface area contributed by atoms with Crippen LogP contribution in [-0.4, -0.2) is 33.5 Å². The quantitative estimate of drug-likeness (QED) is 0.758. The van der Waals surface area contributed by atoms with E-state index in [4.69, 9.17) is 14.2 Å². The Kier molecular flexibility index (Phi) is 6.80. The van der Waals surface area contributed by atoms with Gasteiger partial charge in [0.1, 0.15) is 0 Å². The number of nitrogens with one attached hydrogen (secondary N) is 1. The van der Waals surface area contributed by atoms with Gasteiger partial charge in [0, 0.05) is 17.6 Å². The summed E-state index contributed by atoms with van der Waals surface area (Å²) in [6, 6.07) is 3.95. The molecule has 1 saturated heterocycles. The van der Waals surface area contributed by atoms with E-state index >= 15 is 0 Å². The molecule has 1 aliphatic heterocycles. The van der Waals surface area contributed by atoms with Crippen molar-refractivity contribution in [3.05, 3.63) is 22.2 Å². The van der Waals surface area contributed by atoms with Gasteiger partial charge in [-0.25, -0.2) is 0 Å². The van der Waals surface area contributed by atoms with E-state index in [1.54, 1.807) is 14.2 Å². The Balaban J connectivity index is 1.82. The van der Waals surface area contributed by atoms with Crippen molar-refractivity contribution in [3.63, 3.8) is 0 Å². The standard InChI is InChI=1S/C16H24BrNO3/c1-19-15-9-12(14(17)10-16(15)20-2)11-18-7-6-13-5-3-4-8-21-13/h9-10,13,18H,3-8,11H2,1-2H3. The molecule has 118 valence electrons. The van der Waals surface area contributed by atoms with Gasteiger partial charge in [0.15, 0.2) is 11.5 Å². The van der Waals surface area contributed by atoms with Crippen LogP contribution in [0.25, 0.3) is 0 Å². The topological polar surface area (TPSA) is 39.7 Å². The van der Waals surface area contributed by atoms with E-state index in [1.807, 2.05) is 12.1 Å². The van der Waals surface area contributed by atoms with Crippen molar-refractivity contribution in [1.29, 1.82) is 0 Å². The van der Waals surface area contributed by atoms with E-state index in [0.29, 0.717) is 6.10 Å². The Morgan fingerprint density at radius 3 is 2.67 bits per heavy atom. The minimum absolute atomic E-state index is 0.431. The monoisotopic (exact) mass is 357 g/mol. The highest BCUT2D eigenvalue weighted by Crippen LogP contribution is 2.33. The summed E-state index contributed by atoms with van der Waals surface area (Å²) in [6.45, 7) is 2.69. The molecule has 21 heavy (non-hydrogen) atoms. The van der Waals surface area contributed by atoms with Crippen molar-refractivity contribution in [2.45, 2.75) is 38.3 Å². The first-order valence-corrected chi connectivity index (χ1v) is 8.26. The number of benzene rings is 1. The fourth-order valence-corrected chi connectivity index (χ4v) is 3.02. The maximum Gasteiger partial charge on any atom is 0.161 e. The average molecular weight is 358 g/mol. The fraction of sp³-hybridized carbons (Fsp3) is 0.625. The van der Waals surface area contributed by atoms with Crippen molar-refractivity contribution >= 4 is 15.9 Å². The second-order valence-electron chi connectivity index (χ2n) is 5.25. The minimum atomic E-state index is 0.431. The molecule has 1 unspecified atom stereocenters. The first kappa shape index (κ1) is 16.6. The predicted molar refractivity (Wildman–Crippen MR) is 87.2 cm³/mol. The van der Waals surface area contributed by atoms with E-state index < -0.39 is 0 Å². The molecule has 1 heterocycles. The molecule has 1 aromatic rings. The van der Waals surface area contributed by atoms with E-state index in [-0.39, 0.29) is 0 Å². The zero-order valence-corrected chi connectivity index (χ0v) is 14.4. The number of rotatable bonds is 7. The number of hydrogen-bond acceptors (Lipinski definition) is 4. The molecule has 1 atom stereocenters. The summed E-state index contributed by atoms with van der Waals surface area (Å²) in [5.74, 6) is 1.50. The third-order valence-electron chi connectivity index (χ3n) is 3.79. The second-order valence-corrected chi connectivity index (χ2v) is 6.11. The summed E-state index contributed by atoms with van der Waals surface area (Å²) in [5.41, 5.74) is 1.16. The molecule has 1 N–H and O–H groups in total. The summed E-state index contributed by atoms with van der Waals surface area (Å²) < 4.78 is 17.4. The molecular formula is C16H24BrNO3. The van der Waals surface area contributed by atoms with E-state index in [1.165, 1.54) is 19.3 Å². The van der Waals surface area contributed by atoms with Crippen LogP contribution in [0.1, 0.15) is 31.2 Å². The van der Waals surface area contributed by atoms with Gasteiger partial charge in [0.25, 0.3) is 0 Å². The van der Waals surface area contributed by atoms with E-state index in [2.05, 4.69) is 21.2 Å². The van der Waals surface area contributed by atoms with Gasteiger partial charge in [-0.1, -0.05) is 15.9 Å². The maximum atomic E-state index is 5.73.